The number of halogens is 1. The van der Waals surface area contributed by atoms with Crippen molar-refractivity contribution < 1.29 is 22.4 Å². The summed E-state index contributed by atoms with van der Waals surface area (Å²) in [5.74, 6) is -1.13. The minimum Gasteiger partial charge on any atom is -0.324 e. The van der Waals surface area contributed by atoms with Crippen molar-refractivity contribution >= 4 is 33.2 Å². The van der Waals surface area contributed by atoms with E-state index in [4.69, 9.17) is 0 Å². The molecule has 1 N–H and O–H groups in total. The molecule has 1 saturated heterocycles. The van der Waals surface area contributed by atoms with Crippen LogP contribution in [0.4, 0.5) is 15.8 Å². The number of sulfonamides is 1. The Morgan fingerprint density at radius 3 is 2.44 bits per heavy atom. The second-order valence-electron chi connectivity index (χ2n) is 8.31. The van der Waals surface area contributed by atoms with Crippen LogP contribution in [-0.4, -0.2) is 43.7 Å². The molecule has 0 radical (unpaired) electrons. The molecular formula is C23H26FN3O4S. The van der Waals surface area contributed by atoms with Gasteiger partial charge in [-0.2, -0.15) is 4.31 Å². The van der Waals surface area contributed by atoms with Crippen molar-refractivity contribution in [2.45, 2.75) is 50.5 Å². The van der Waals surface area contributed by atoms with Gasteiger partial charge in [0.2, 0.25) is 21.8 Å². The summed E-state index contributed by atoms with van der Waals surface area (Å²) < 4.78 is 41.0. The Morgan fingerprint density at radius 1 is 1.06 bits per heavy atom. The lowest BCUT2D eigenvalue weighted by molar-refractivity contribution is -0.122. The Hall–Kier alpha value is -2.78. The molecule has 2 aliphatic rings. The van der Waals surface area contributed by atoms with Crippen LogP contribution in [-0.2, 0) is 26.0 Å². The number of carbonyl (C=O) groups is 2. The first-order chi connectivity index (χ1) is 15.2. The number of nitrogens with one attached hydrogen (secondary N) is 1. The van der Waals surface area contributed by atoms with E-state index in [0.29, 0.717) is 35.6 Å². The van der Waals surface area contributed by atoms with Crippen LogP contribution in [0.2, 0.25) is 0 Å². The van der Waals surface area contributed by atoms with E-state index in [9.17, 15) is 22.4 Å². The fraction of sp³-hybridized carbons (Fsp3) is 0.391. The van der Waals surface area contributed by atoms with Gasteiger partial charge in [-0.15, -0.1) is 0 Å². The van der Waals surface area contributed by atoms with Crippen molar-refractivity contribution in [1.29, 1.82) is 0 Å². The largest absolute Gasteiger partial charge is 0.324 e. The third kappa shape index (κ3) is 4.14. The molecule has 4 rings (SSSR count). The Balaban J connectivity index is 1.61. The normalized spacial score (nSPS) is 19.0. The van der Waals surface area contributed by atoms with Crippen LogP contribution in [0, 0.1) is 12.7 Å². The maximum atomic E-state index is 13.4. The number of anilines is 2. The van der Waals surface area contributed by atoms with E-state index < -0.39 is 27.8 Å². The third-order valence-corrected chi connectivity index (χ3v) is 7.97. The number of rotatable bonds is 4. The predicted octanol–water partition coefficient (Wildman–Crippen LogP) is 3.23. The van der Waals surface area contributed by atoms with Crippen molar-refractivity contribution in [2.24, 2.45) is 0 Å². The summed E-state index contributed by atoms with van der Waals surface area (Å²) in [7, 11) is -3.62. The molecule has 32 heavy (non-hydrogen) atoms. The van der Waals surface area contributed by atoms with Crippen molar-refractivity contribution in [3.05, 3.63) is 53.3 Å². The number of nitrogens with zero attached hydrogens (tertiary/aromatic N) is 2. The zero-order chi connectivity index (χ0) is 23.0. The summed E-state index contributed by atoms with van der Waals surface area (Å²) in [6.07, 6.45) is 2.90. The monoisotopic (exact) mass is 459 g/mol. The van der Waals surface area contributed by atoms with Crippen LogP contribution in [0.15, 0.2) is 41.3 Å². The van der Waals surface area contributed by atoms with Gasteiger partial charge < -0.3 is 5.32 Å². The summed E-state index contributed by atoms with van der Waals surface area (Å²) in [5, 5.41) is 2.77. The Kier molecular flexibility index (Phi) is 6.05. The van der Waals surface area contributed by atoms with E-state index >= 15 is 0 Å². The van der Waals surface area contributed by atoms with Crippen molar-refractivity contribution in [3.63, 3.8) is 0 Å². The van der Waals surface area contributed by atoms with Gasteiger partial charge in [-0.25, -0.2) is 12.8 Å². The summed E-state index contributed by atoms with van der Waals surface area (Å²) >= 11 is 0. The highest BCUT2D eigenvalue weighted by Crippen LogP contribution is 2.35. The van der Waals surface area contributed by atoms with E-state index in [2.05, 4.69) is 5.32 Å². The fourth-order valence-corrected chi connectivity index (χ4v) is 5.99. The lowest BCUT2D eigenvalue weighted by Crippen LogP contribution is -2.44. The average Bonchev–Trinajstić information content (AvgIpc) is 3.15. The molecule has 9 heteroatoms. The van der Waals surface area contributed by atoms with E-state index in [1.54, 1.807) is 19.1 Å². The summed E-state index contributed by atoms with van der Waals surface area (Å²) in [6.45, 7) is 4.06. The van der Waals surface area contributed by atoms with Gasteiger partial charge in [0, 0.05) is 37.8 Å². The van der Waals surface area contributed by atoms with Crippen molar-refractivity contribution in [3.8, 4) is 0 Å². The summed E-state index contributed by atoms with van der Waals surface area (Å²) in [4.78, 5) is 27.0. The van der Waals surface area contributed by atoms with Crippen molar-refractivity contribution in [1.82, 2.24) is 4.31 Å². The third-order valence-electron chi connectivity index (χ3n) is 6.08. The first-order valence-electron chi connectivity index (χ1n) is 10.7. The minimum atomic E-state index is -3.62. The van der Waals surface area contributed by atoms with Crippen LogP contribution in [0.25, 0.3) is 0 Å². The van der Waals surface area contributed by atoms with E-state index in [1.807, 2.05) is 0 Å². The molecule has 0 saturated carbocycles. The Labute approximate surface area is 187 Å². The van der Waals surface area contributed by atoms with Gasteiger partial charge in [0.25, 0.3) is 0 Å². The second kappa shape index (κ2) is 8.63. The van der Waals surface area contributed by atoms with Gasteiger partial charge in [-0.1, -0.05) is 6.42 Å². The molecule has 7 nitrogen and oxygen atoms in total. The zero-order valence-corrected chi connectivity index (χ0v) is 18.9. The van der Waals surface area contributed by atoms with E-state index in [0.717, 1.165) is 19.3 Å². The number of carbonyl (C=O) groups excluding carboxylic acids is 2. The van der Waals surface area contributed by atoms with E-state index in [-0.39, 0.29) is 17.2 Å². The Bertz CT molecular complexity index is 1180. The second-order valence-corrected chi connectivity index (χ2v) is 10.3. The van der Waals surface area contributed by atoms with Crippen LogP contribution < -0.4 is 10.2 Å². The highest BCUT2D eigenvalue weighted by molar-refractivity contribution is 7.89. The first-order valence-corrected chi connectivity index (χ1v) is 12.1. The number of benzene rings is 2. The average molecular weight is 460 g/mol. The maximum absolute atomic E-state index is 13.4. The molecule has 0 spiro atoms. The van der Waals surface area contributed by atoms with E-state index in [1.165, 1.54) is 40.4 Å². The van der Waals surface area contributed by atoms with Crippen LogP contribution >= 0.6 is 0 Å². The van der Waals surface area contributed by atoms with Gasteiger partial charge >= 0.3 is 0 Å². The molecule has 0 aliphatic carbocycles. The van der Waals surface area contributed by atoms with Gasteiger partial charge in [0.15, 0.2) is 0 Å². The number of piperidine rings is 1. The van der Waals surface area contributed by atoms with Crippen LogP contribution in [0.1, 0.15) is 37.3 Å². The van der Waals surface area contributed by atoms with Crippen molar-refractivity contribution in [2.75, 3.05) is 23.3 Å². The molecule has 2 amide bonds. The first kappa shape index (κ1) is 22.4. The van der Waals surface area contributed by atoms with Crippen LogP contribution in [0.3, 0.4) is 0 Å². The quantitative estimate of drug-likeness (QED) is 0.761. The predicted molar refractivity (Wildman–Crippen MR) is 119 cm³/mol. The lowest BCUT2D eigenvalue weighted by atomic mass is 10.1. The maximum Gasteiger partial charge on any atom is 0.247 e. The molecule has 170 valence electrons. The molecule has 2 heterocycles. The van der Waals surface area contributed by atoms with Gasteiger partial charge in [-0.3, -0.25) is 14.5 Å². The number of hydrogen-bond acceptors (Lipinski definition) is 4. The highest BCUT2D eigenvalue weighted by Gasteiger charge is 2.38. The SMILES string of the molecule is CC(=O)N1c2ccc(S(=O)(=O)N3CCCCC3)cc2C[C@H]1C(=O)Nc1ccc(F)cc1C. The molecular weight excluding hydrogens is 433 g/mol. The van der Waals surface area contributed by atoms with Gasteiger partial charge in [-0.05, 0) is 67.3 Å². The molecule has 0 aromatic heterocycles. The topological polar surface area (TPSA) is 86.8 Å². The van der Waals surface area contributed by atoms with Gasteiger partial charge in [0.1, 0.15) is 11.9 Å². The fourth-order valence-electron chi connectivity index (χ4n) is 4.43. The smallest absolute Gasteiger partial charge is 0.247 e. The van der Waals surface area contributed by atoms with Crippen LogP contribution in [0.5, 0.6) is 0 Å². The molecule has 1 fully saturated rings. The molecule has 0 unspecified atom stereocenters. The molecule has 2 aliphatic heterocycles. The number of fused-ring (bicyclic) bond motifs is 1. The number of hydrogen-bond donors (Lipinski definition) is 1. The highest BCUT2D eigenvalue weighted by atomic mass is 32.2. The molecule has 1 atom stereocenters. The molecule has 2 aromatic rings. The zero-order valence-electron chi connectivity index (χ0n) is 18.1. The number of amides is 2. The summed E-state index contributed by atoms with van der Waals surface area (Å²) in [5.41, 5.74) is 2.20. The molecule has 0 bridgehead atoms. The lowest BCUT2D eigenvalue weighted by Gasteiger charge is -2.26. The Morgan fingerprint density at radius 2 is 1.78 bits per heavy atom. The van der Waals surface area contributed by atoms with Gasteiger partial charge in [0.05, 0.1) is 4.90 Å². The standard InChI is InChI=1S/C23H26FN3O4S/c1-15-12-18(24)6-8-20(15)25-23(29)22-14-17-13-19(7-9-21(17)27(22)16(2)28)32(30,31)26-10-4-3-5-11-26/h6-9,12-13,22H,3-5,10-11,14H2,1-2H3,(H,25,29)/t22-/m0/s1. The molecule has 2 aromatic carbocycles. The number of aryl methyl sites for hydroxylation is 1. The summed E-state index contributed by atoms with van der Waals surface area (Å²) in [6, 6.07) is 7.91. The minimum absolute atomic E-state index is 0.178.